The zero-order valence-electron chi connectivity index (χ0n) is 16.0. The minimum absolute atomic E-state index is 0.0323. The van der Waals surface area contributed by atoms with Gasteiger partial charge in [0.15, 0.2) is 11.5 Å². The molecule has 0 atom stereocenters. The number of hydrogen-bond donors (Lipinski definition) is 0. The highest BCUT2D eigenvalue weighted by Crippen LogP contribution is 2.32. The van der Waals surface area contributed by atoms with E-state index in [-0.39, 0.29) is 18.5 Å². The van der Waals surface area contributed by atoms with E-state index in [2.05, 4.69) is 15.1 Å². The number of carbonyl (C=O) groups is 1. The first-order chi connectivity index (χ1) is 13.5. The van der Waals surface area contributed by atoms with Crippen LogP contribution in [0, 0.1) is 13.8 Å². The van der Waals surface area contributed by atoms with Crippen molar-refractivity contribution in [3.63, 3.8) is 0 Å². The van der Waals surface area contributed by atoms with Gasteiger partial charge in [-0.2, -0.15) is 4.98 Å². The van der Waals surface area contributed by atoms with E-state index in [4.69, 9.17) is 9.47 Å². The average molecular weight is 399 g/mol. The molecule has 0 saturated carbocycles. The van der Waals surface area contributed by atoms with Gasteiger partial charge in [-0.15, -0.1) is 5.10 Å². The molecule has 1 aliphatic rings. The third-order valence-corrected chi connectivity index (χ3v) is 5.29. The van der Waals surface area contributed by atoms with Crippen molar-refractivity contribution in [2.24, 2.45) is 0 Å². The third-order valence-electron chi connectivity index (χ3n) is 4.47. The summed E-state index contributed by atoms with van der Waals surface area (Å²) in [4.78, 5) is 23.3. The van der Waals surface area contributed by atoms with Crippen LogP contribution in [0.15, 0.2) is 29.4 Å². The first kappa shape index (κ1) is 18.5. The first-order valence-corrected chi connectivity index (χ1v) is 10.0. The van der Waals surface area contributed by atoms with Crippen LogP contribution in [0.4, 0.5) is 0 Å². The van der Waals surface area contributed by atoms with E-state index in [1.807, 2.05) is 45.0 Å². The van der Waals surface area contributed by atoms with Gasteiger partial charge in [0.25, 0.3) is 5.78 Å². The molecule has 28 heavy (non-hydrogen) atoms. The third kappa shape index (κ3) is 3.75. The molecule has 2 aromatic heterocycles. The molecule has 1 amide bonds. The van der Waals surface area contributed by atoms with E-state index >= 15 is 0 Å². The Morgan fingerprint density at radius 3 is 2.86 bits per heavy atom. The fraction of sp³-hybridized carbons (Fsp3) is 0.368. The summed E-state index contributed by atoms with van der Waals surface area (Å²) in [7, 11) is 0. The largest absolute Gasteiger partial charge is 0.454 e. The van der Waals surface area contributed by atoms with Gasteiger partial charge in [0, 0.05) is 24.5 Å². The Kier molecular flexibility index (Phi) is 5.08. The van der Waals surface area contributed by atoms with Gasteiger partial charge in [0.2, 0.25) is 17.9 Å². The summed E-state index contributed by atoms with van der Waals surface area (Å²) in [6.07, 6.45) is 0. The highest BCUT2D eigenvalue weighted by molar-refractivity contribution is 7.99. The van der Waals surface area contributed by atoms with E-state index in [1.165, 1.54) is 11.8 Å². The predicted molar refractivity (Wildman–Crippen MR) is 105 cm³/mol. The molecule has 1 aromatic carbocycles. The summed E-state index contributed by atoms with van der Waals surface area (Å²) < 4.78 is 12.4. The standard InChI is InChI=1S/C19H21N5O3S/c1-4-23(9-14-5-6-15-16(8-14)27-11-26-15)17(25)10-28-19-21-18-20-12(2)7-13(3)24(18)22-19/h5-8H,4,9-11H2,1-3H3. The van der Waals surface area contributed by atoms with Gasteiger partial charge >= 0.3 is 0 Å². The lowest BCUT2D eigenvalue weighted by Gasteiger charge is -2.20. The zero-order valence-corrected chi connectivity index (χ0v) is 16.8. The Bertz CT molecular complexity index is 1040. The lowest BCUT2D eigenvalue weighted by Crippen LogP contribution is -2.31. The number of amides is 1. The van der Waals surface area contributed by atoms with Crippen LogP contribution in [0.25, 0.3) is 5.78 Å². The fourth-order valence-corrected chi connectivity index (χ4v) is 3.78. The minimum Gasteiger partial charge on any atom is -0.454 e. The van der Waals surface area contributed by atoms with Crippen molar-refractivity contribution in [3.05, 3.63) is 41.2 Å². The van der Waals surface area contributed by atoms with Crippen LogP contribution in [0.3, 0.4) is 0 Å². The molecule has 146 valence electrons. The molecule has 0 saturated heterocycles. The summed E-state index contributed by atoms with van der Waals surface area (Å²) in [5.41, 5.74) is 2.86. The molecule has 3 heterocycles. The van der Waals surface area contributed by atoms with Crippen molar-refractivity contribution in [2.45, 2.75) is 32.5 Å². The molecular weight excluding hydrogens is 378 g/mol. The molecule has 9 heteroatoms. The van der Waals surface area contributed by atoms with Gasteiger partial charge < -0.3 is 14.4 Å². The first-order valence-electron chi connectivity index (χ1n) is 9.03. The Labute approximate surface area is 166 Å². The van der Waals surface area contributed by atoms with Gasteiger partial charge in [-0.1, -0.05) is 17.8 Å². The quantitative estimate of drug-likeness (QED) is 0.589. The summed E-state index contributed by atoms with van der Waals surface area (Å²) >= 11 is 1.32. The maximum atomic E-state index is 12.7. The number of aromatic nitrogens is 4. The Hall–Kier alpha value is -2.81. The number of rotatable bonds is 6. The highest BCUT2D eigenvalue weighted by atomic mass is 32.2. The Morgan fingerprint density at radius 1 is 1.21 bits per heavy atom. The Morgan fingerprint density at radius 2 is 2.04 bits per heavy atom. The van der Waals surface area contributed by atoms with Crippen LogP contribution in [0.5, 0.6) is 11.5 Å². The number of ether oxygens (including phenoxy) is 2. The molecule has 0 spiro atoms. The van der Waals surface area contributed by atoms with Crippen LogP contribution in [-0.4, -0.2) is 49.5 Å². The number of fused-ring (bicyclic) bond motifs is 2. The molecule has 4 rings (SSSR count). The SMILES string of the molecule is CCN(Cc1ccc2c(c1)OCO2)C(=O)CSc1nc2nc(C)cc(C)n2n1. The lowest BCUT2D eigenvalue weighted by molar-refractivity contribution is -0.128. The van der Waals surface area contributed by atoms with Crippen molar-refractivity contribution in [3.8, 4) is 11.5 Å². The molecule has 1 aliphatic heterocycles. The van der Waals surface area contributed by atoms with Crippen LogP contribution in [-0.2, 0) is 11.3 Å². The van der Waals surface area contributed by atoms with E-state index < -0.39 is 0 Å². The summed E-state index contributed by atoms with van der Waals surface area (Å²) in [5.74, 6) is 2.33. The second-order valence-electron chi connectivity index (χ2n) is 6.53. The summed E-state index contributed by atoms with van der Waals surface area (Å²) in [6.45, 7) is 7.23. The van der Waals surface area contributed by atoms with Crippen molar-refractivity contribution in [1.82, 2.24) is 24.5 Å². The molecule has 0 unspecified atom stereocenters. The van der Waals surface area contributed by atoms with Crippen LogP contribution in [0.2, 0.25) is 0 Å². The van der Waals surface area contributed by atoms with Crippen molar-refractivity contribution in [1.29, 1.82) is 0 Å². The predicted octanol–water partition coefficient (Wildman–Crippen LogP) is 2.61. The monoisotopic (exact) mass is 399 g/mol. The molecule has 0 radical (unpaired) electrons. The van der Waals surface area contributed by atoms with Crippen LogP contribution in [0.1, 0.15) is 23.9 Å². The number of benzene rings is 1. The molecule has 0 bridgehead atoms. The molecule has 0 fully saturated rings. The fourth-order valence-electron chi connectivity index (χ4n) is 3.06. The topological polar surface area (TPSA) is 81.9 Å². The van der Waals surface area contributed by atoms with E-state index in [0.29, 0.717) is 24.0 Å². The summed E-state index contributed by atoms with van der Waals surface area (Å²) in [5, 5.41) is 4.99. The lowest BCUT2D eigenvalue weighted by atomic mass is 10.2. The maximum absolute atomic E-state index is 12.7. The molecule has 0 aliphatic carbocycles. The number of aryl methyl sites for hydroxylation is 2. The van der Waals surface area contributed by atoms with Crippen LogP contribution >= 0.6 is 11.8 Å². The maximum Gasteiger partial charge on any atom is 0.253 e. The van der Waals surface area contributed by atoms with Crippen molar-refractivity contribution < 1.29 is 14.3 Å². The second kappa shape index (κ2) is 7.67. The van der Waals surface area contributed by atoms with Crippen molar-refractivity contribution in [2.75, 3.05) is 19.1 Å². The second-order valence-corrected chi connectivity index (χ2v) is 7.47. The van der Waals surface area contributed by atoms with Crippen LogP contribution < -0.4 is 9.47 Å². The van der Waals surface area contributed by atoms with Crippen molar-refractivity contribution >= 4 is 23.4 Å². The van der Waals surface area contributed by atoms with Gasteiger partial charge in [-0.25, -0.2) is 9.50 Å². The number of thioether (sulfide) groups is 1. The van der Waals surface area contributed by atoms with Gasteiger partial charge in [-0.05, 0) is 44.5 Å². The van der Waals surface area contributed by atoms with E-state index in [9.17, 15) is 4.79 Å². The smallest absolute Gasteiger partial charge is 0.253 e. The number of carbonyl (C=O) groups excluding carboxylic acids is 1. The molecule has 0 N–H and O–H groups in total. The molecular formula is C19H21N5O3S. The Balaban J connectivity index is 1.41. The van der Waals surface area contributed by atoms with Gasteiger partial charge in [0.05, 0.1) is 5.75 Å². The van der Waals surface area contributed by atoms with Gasteiger partial charge in [0.1, 0.15) is 0 Å². The average Bonchev–Trinajstić information content (AvgIpc) is 3.30. The highest BCUT2D eigenvalue weighted by Gasteiger charge is 2.18. The normalized spacial score (nSPS) is 12.5. The number of hydrogen-bond acceptors (Lipinski definition) is 7. The zero-order chi connectivity index (χ0) is 19.7. The summed E-state index contributed by atoms with van der Waals surface area (Å²) in [6, 6.07) is 7.71. The number of nitrogens with zero attached hydrogens (tertiary/aromatic N) is 5. The molecule has 3 aromatic rings. The van der Waals surface area contributed by atoms with Gasteiger partial charge in [-0.3, -0.25) is 4.79 Å². The molecule has 8 nitrogen and oxygen atoms in total. The van der Waals surface area contributed by atoms with E-state index in [0.717, 1.165) is 28.5 Å². The van der Waals surface area contributed by atoms with E-state index in [1.54, 1.807) is 9.42 Å². The minimum atomic E-state index is 0.0323.